The molecule has 0 spiro atoms. The lowest BCUT2D eigenvalue weighted by molar-refractivity contribution is -0.892. The van der Waals surface area contributed by atoms with Gasteiger partial charge in [-0.3, -0.25) is 14.9 Å². The number of nitrogens with zero attached hydrogens (tertiary/aromatic N) is 2. The van der Waals surface area contributed by atoms with Crippen LogP contribution in [-0.4, -0.2) is 49.6 Å². The number of nitrogens with one attached hydrogen (secondary N) is 2. The van der Waals surface area contributed by atoms with Crippen molar-refractivity contribution in [2.45, 2.75) is 13.8 Å². The van der Waals surface area contributed by atoms with Crippen LogP contribution >= 0.6 is 0 Å². The predicted molar refractivity (Wildman–Crippen MR) is 120 cm³/mol. The van der Waals surface area contributed by atoms with Crippen molar-refractivity contribution in [2.75, 3.05) is 42.9 Å². The van der Waals surface area contributed by atoms with Crippen LogP contribution in [0.2, 0.25) is 0 Å². The summed E-state index contributed by atoms with van der Waals surface area (Å²) in [6.45, 7) is 7.45. The zero-order chi connectivity index (χ0) is 21.8. The summed E-state index contributed by atoms with van der Waals surface area (Å²) in [5.74, 6) is 0.356. The van der Waals surface area contributed by atoms with Gasteiger partial charge in [-0.25, -0.2) is 0 Å². The first-order valence-corrected chi connectivity index (χ1v) is 10.5. The van der Waals surface area contributed by atoms with E-state index in [4.69, 9.17) is 4.52 Å². The molecule has 3 aromatic rings. The van der Waals surface area contributed by atoms with E-state index >= 15 is 0 Å². The van der Waals surface area contributed by atoms with Crippen LogP contribution in [0, 0.1) is 6.92 Å². The number of carbonyl (C=O) groups is 2. The predicted octanol–water partition coefficient (Wildman–Crippen LogP) is 2.20. The van der Waals surface area contributed by atoms with Gasteiger partial charge in [0.1, 0.15) is 5.69 Å². The molecule has 1 aromatic heterocycles. The summed E-state index contributed by atoms with van der Waals surface area (Å²) in [6.07, 6.45) is 0. The first-order valence-electron chi connectivity index (χ1n) is 10.5. The molecule has 2 aromatic carbocycles. The standard InChI is InChI=1S/C24H26N4O3/c1-17-3-5-20(6-4-17)22-15-24(31-26-22)25-23(30)16-27-11-13-28(14-12-27)21-9-7-19(8-10-21)18(2)29/h3-10,15H,11-14,16H2,1-2H3,(H,25,30)/p+1. The fraction of sp³-hybridized carbons (Fsp3) is 0.292. The highest BCUT2D eigenvalue weighted by molar-refractivity contribution is 5.94. The summed E-state index contributed by atoms with van der Waals surface area (Å²) in [4.78, 5) is 27.4. The van der Waals surface area contributed by atoms with Gasteiger partial charge in [0.2, 0.25) is 5.88 Å². The van der Waals surface area contributed by atoms with Gasteiger partial charge >= 0.3 is 0 Å². The second-order valence-electron chi connectivity index (χ2n) is 8.01. The molecule has 1 amide bonds. The lowest BCUT2D eigenvalue weighted by atomic mass is 10.1. The molecule has 31 heavy (non-hydrogen) atoms. The molecule has 2 N–H and O–H groups in total. The number of Topliss-reactive ketones (excluding diaryl/α,β-unsaturated/α-hetero) is 1. The third kappa shape index (κ3) is 5.19. The highest BCUT2D eigenvalue weighted by Gasteiger charge is 2.23. The highest BCUT2D eigenvalue weighted by Crippen LogP contribution is 2.22. The van der Waals surface area contributed by atoms with Crippen LogP contribution < -0.4 is 15.1 Å². The van der Waals surface area contributed by atoms with Crippen molar-refractivity contribution in [3.8, 4) is 11.3 Å². The van der Waals surface area contributed by atoms with Crippen molar-refractivity contribution in [3.63, 3.8) is 0 Å². The van der Waals surface area contributed by atoms with Gasteiger partial charge in [-0.1, -0.05) is 35.0 Å². The molecule has 7 heteroatoms. The van der Waals surface area contributed by atoms with Crippen LogP contribution in [0.3, 0.4) is 0 Å². The monoisotopic (exact) mass is 419 g/mol. The lowest BCUT2D eigenvalue weighted by Crippen LogP contribution is -3.15. The highest BCUT2D eigenvalue weighted by atomic mass is 16.5. The number of hydrogen-bond donors (Lipinski definition) is 2. The first kappa shape index (κ1) is 20.8. The summed E-state index contributed by atoms with van der Waals surface area (Å²) in [5, 5.41) is 6.87. The van der Waals surface area contributed by atoms with E-state index in [0.717, 1.165) is 43.0 Å². The molecule has 0 bridgehead atoms. The minimum absolute atomic E-state index is 0.0737. The third-order valence-corrected chi connectivity index (χ3v) is 5.64. The fourth-order valence-electron chi connectivity index (χ4n) is 3.77. The van der Waals surface area contributed by atoms with Crippen LogP contribution in [0.5, 0.6) is 0 Å². The minimum atomic E-state index is -0.0825. The van der Waals surface area contributed by atoms with Gasteiger partial charge in [-0.15, -0.1) is 0 Å². The van der Waals surface area contributed by atoms with Crippen molar-refractivity contribution < 1.29 is 19.0 Å². The van der Waals surface area contributed by atoms with Crippen LogP contribution in [0.1, 0.15) is 22.8 Å². The third-order valence-electron chi connectivity index (χ3n) is 5.64. The van der Waals surface area contributed by atoms with Crippen LogP contribution in [0.4, 0.5) is 11.6 Å². The number of aryl methyl sites for hydroxylation is 1. The smallest absolute Gasteiger partial charge is 0.281 e. The Labute approximate surface area is 181 Å². The lowest BCUT2D eigenvalue weighted by Gasteiger charge is -2.33. The Hall–Kier alpha value is -3.45. The van der Waals surface area contributed by atoms with Gasteiger partial charge in [0, 0.05) is 22.9 Å². The zero-order valence-electron chi connectivity index (χ0n) is 17.9. The summed E-state index contributed by atoms with van der Waals surface area (Å²) < 4.78 is 5.29. The number of hydrogen-bond acceptors (Lipinski definition) is 5. The molecule has 0 atom stereocenters. The maximum Gasteiger partial charge on any atom is 0.281 e. The number of anilines is 2. The minimum Gasteiger partial charge on any atom is -0.360 e. The molecule has 2 heterocycles. The van der Waals surface area contributed by atoms with Gasteiger partial charge in [-0.05, 0) is 38.1 Å². The quantitative estimate of drug-likeness (QED) is 0.599. The number of carbonyl (C=O) groups excluding carboxylic acids is 2. The van der Waals surface area contributed by atoms with E-state index in [9.17, 15) is 9.59 Å². The van der Waals surface area contributed by atoms with Gasteiger partial charge in [0.15, 0.2) is 12.3 Å². The molecule has 7 nitrogen and oxygen atoms in total. The van der Waals surface area contributed by atoms with Crippen LogP contribution in [0.15, 0.2) is 59.1 Å². The number of benzene rings is 2. The van der Waals surface area contributed by atoms with Crippen LogP contribution in [-0.2, 0) is 4.79 Å². The fourth-order valence-corrected chi connectivity index (χ4v) is 3.77. The second kappa shape index (κ2) is 9.14. The Bertz CT molecular complexity index is 1050. The van der Waals surface area contributed by atoms with E-state index in [1.807, 2.05) is 55.5 Å². The van der Waals surface area contributed by atoms with Crippen molar-refractivity contribution in [3.05, 3.63) is 65.7 Å². The largest absolute Gasteiger partial charge is 0.360 e. The van der Waals surface area contributed by atoms with Gasteiger partial charge in [-0.2, -0.15) is 0 Å². The van der Waals surface area contributed by atoms with Gasteiger partial charge in [0.25, 0.3) is 5.91 Å². The molecule has 0 unspecified atom stereocenters. The Kier molecular flexibility index (Phi) is 6.13. The normalized spacial score (nSPS) is 14.5. The maximum atomic E-state index is 12.5. The zero-order valence-corrected chi connectivity index (χ0v) is 17.9. The average Bonchev–Trinajstić information content (AvgIpc) is 3.23. The molecule has 1 aliphatic heterocycles. The molecule has 1 fully saturated rings. The Morgan fingerprint density at radius 1 is 1.06 bits per heavy atom. The maximum absolute atomic E-state index is 12.5. The molecule has 0 saturated carbocycles. The van der Waals surface area contributed by atoms with Crippen molar-refractivity contribution >= 4 is 23.3 Å². The number of ketones is 1. The van der Waals surface area contributed by atoms with Crippen molar-refractivity contribution in [2.24, 2.45) is 0 Å². The summed E-state index contributed by atoms with van der Waals surface area (Å²) in [7, 11) is 0. The van der Waals surface area contributed by atoms with E-state index in [1.165, 1.54) is 10.5 Å². The van der Waals surface area contributed by atoms with Crippen molar-refractivity contribution in [1.82, 2.24) is 5.16 Å². The summed E-state index contributed by atoms with van der Waals surface area (Å²) in [5.41, 5.74) is 4.67. The number of aromatic nitrogens is 1. The topological polar surface area (TPSA) is 79.9 Å². The number of amides is 1. The van der Waals surface area contributed by atoms with Gasteiger partial charge in [0.05, 0.1) is 26.2 Å². The average molecular weight is 420 g/mol. The van der Waals surface area contributed by atoms with Crippen molar-refractivity contribution in [1.29, 1.82) is 0 Å². The Morgan fingerprint density at radius 2 is 1.74 bits per heavy atom. The molecule has 1 aliphatic rings. The molecular formula is C24H27N4O3+. The molecule has 0 radical (unpaired) electrons. The van der Waals surface area contributed by atoms with Gasteiger partial charge < -0.3 is 14.3 Å². The Morgan fingerprint density at radius 3 is 2.39 bits per heavy atom. The number of quaternary nitrogens is 1. The summed E-state index contributed by atoms with van der Waals surface area (Å²) >= 11 is 0. The number of piperazine rings is 1. The molecule has 160 valence electrons. The van der Waals surface area contributed by atoms with E-state index in [0.29, 0.717) is 18.1 Å². The SMILES string of the molecule is CC(=O)c1ccc(N2CC[NH+](CC(=O)Nc3cc(-c4ccc(C)cc4)no3)CC2)cc1. The molecule has 4 rings (SSSR count). The molecular weight excluding hydrogens is 392 g/mol. The number of rotatable bonds is 6. The van der Waals surface area contributed by atoms with E-state index < -0.39 is 0 Å². The van der Waals surface area contributed by atoms with E-state index in [2.05, 4.69) is 15.4 Å². The summed E-state index contributed by atoms with van der Waals surface area (Å²) in [6, 6.07) is 17.5. The molecule has 1 saturated heterocycles. The Balaban J connectivity index is 1.26. The second-order valence-corrected chi connectivity index (χ2v) is 8.01. The van der Waals surface area contributed by atoms with Crippen LogP contribution in [0.25, 0.3) is 11.3 Å². The molecule has 0 aliphatic carbocycles. The first-order chi connectivity index (χ1) is 15.0. The van der Waals surface area contributed by atoms with E-state index in [1.54, 1.807) is 13.0 Å². The van der Waals surface area contributed by atoms with E-state index in [-0.39, 0.29) is 11.7 Å².